The van der Waals surface area contributed by atoms with Gasteiger partial charge >= 0.3 is 6.18 Å². The van der Waals surface area contributed by atoms with E-state index in [0.717, 1.165) is 0 Å². The Labute approximate surface area is 197 Å². The molecule has 0 fully saturated rings. The zero-order valence-corrected chi connectivity index (χ0v) is 18.5. The first kappa shape index (κ1) is 24.0. The lowest BCUT2D eigenvalue weighted by atomic mass is 9.93. The molecule has 1 amide bonds. The molecule has 1 atom stereocenters. The minimum atomic E-state index is -5.13. The van der Waals surface area contributed by atoms with Gasteiger partial charge in [0.25, 0.3) is 5.91 Å². The Morgan fingerprint density at radius 1 is 1.00 bits per heavy atom. The lowest BCUT2D eigenvalue weighted by Gasteiger charge is -2.19. The van der Waals surface area contributed by atoms with Gasteiger partial charge in [0.15, 0.2) is 5.78 Å². The number of hydrogen-bond donors (Lipinski definition) is 2. The molecule has 2 N–H and O–H groups in total. The van der Waals surface area contributed by atoms with E-state index in [4.69, 9.17) is 9.47 Å². The van der Waals surface area contributed by atoms with Crippen LogP contribution in [0.4, 0.5) is 13.2 Å². The van der Waals surface area contributed by atoms with Crippen LogP contribution in [0.3, 0.4) is 0 Å². The van der Waals surface area contributed by atoms with Crippen molar-refractivity contribution in [3.63, 3.8) is 0 Å². The molecule has 2 heterocycles. The number of aliphatic hydroxyl groups is 1. The van der Waals surface area contributed by atoms with Gasteiger partial charge in [0.2, 0.25) is 0 Å². The Balaban J connectivity index is 1.93. The third-order valence-electron chi connectivity index (χ3n) is 5.46. The number of amides is 1. The zero-order valence-electron chi connectivity index (χ0n) is 18.5. The molecule has 1 aliphatic rings. The number of carbonyl (C=O) groups is 2. The minimum absolute atomic E-state index is 0.0911. The number of benzene rings is 2. The van der Waals surface area contributed by atoms with Gasteiger partial charge in [0.05, 0.1) is 36.7 Å². The van der Waals surface area contributed by atoms with E-state index in [1.54, 1.807) is 29.6 Å². The highest BCUT2D eigenvalue weighted by Gasteiger charge is 2.45. The summed E-state index contributed by atoms with van der Waals surface area (Å²) in [5.74, 6) is -1.42. The topological polar surface area (TPSA) is 97.8 Å². The molecular weight excluding hydrogens is 465 g/mol. The quantitative estimate of drug-likeness (QED) is 0.526. The molecule has 0 saturated carbocycles. The number of nitrogens with one attached hydrogen (secondary N) is 1. The molecule has 0 bridgehead atoms. The molecule has 0 radical (unpaired) electrons. The molecule has 1 aromatic heterocycles. The van der Waals surface area contributed by atoms with Gasteiger partial charge in [0.1, 0.15) is 23.3 Å². The number of aromatic nitrogens is 1. The maximum Gasteiger partial charge on any atom is 0.431 e. The molecule has 7 nitrogen and oxygen atoms in total. The van der Waals surface area contributed by atoms with Gasteiger partial charge in [-0.05, 0) is 30.3 Å². The third-order valence-corrected chi connectivity index (χ3v) is 5.46. The second-order valence-corrected chi connectivity index (χ2v) is 7.53. The number of methoxy groups -OCH3 is 2. The fraction of sp³-hybridized carbons (Fsp3) is 0.160. The van der Waals surface area contributed by atoms with Crippen molar-refractivity contribution in [2.24, 2.45) is 0 Å². The standard InChI is InChI=1S/C25H19F3N2O5/c1-34-14-8-11-18(35-2)16(12-14)17-10-9-15-20(29-17)22(32)19(21(31)13-6-4-3-5-7-13)23(25(26,27)28)30-24(15)33/h3-12,22,32H,1-2H3,(H,30,33). The van der Waals surface area contributed by atoms with Crippen LogP contribution in [-0.2, 0) is 0 Å². The zero-order chi connectivity index (χ0) is 25.3. The van der Waals surface area contributed by atoms with Gasteiger partial charge in [-0.3, -0.25) is 9.59 Å². The summed E-state index contributed by atoms with van der Waals surface area (Å²) in [6.45, 7) is 0. The molecule has 3 aromatic rings. The van der Waals surface area contributed by atoms with E-state index in [1.807, 2.05) is 0 Å². The number of rotatable bonds is 5. The van der Waals surface area contributed by atoms with Crippen LogP contribution in [0.15, 0.2) is 71.9 Å². The fourth-order valence-electron chi connectivity index (χ4n) is 3.77. The van der Waals surface area contributed by atoms with Crippen LogP contribution < -0.4 is 14.8 Å². The molecule has 10 heteroatoms. The van der Waals surface area contributed by atoms with Crippen LogP contribution in [-0.4, -0.2) is 42.2 Å². The average molecular weight is 484 g/mol. The minimum Gasteiger partial charge on any atom is -0.497 e. The molecule has 1 aliphatic heterocycles. The first-order valence-corrected chi connectivity index (χ1v) is 10.3. The molecule has 0 saturated heterocycles. The highest BCUT2D eigenvalue weighted by Crippen LogP contribution is 2.39. The smallest absolute Gasteiger partial charge is 0.431 e. The number of fused-ring (bicyclic) bond motifs is 1. The van der Waals surface area contributed by atoms with Gasteiger partial charge in [-0.25, -0.2) is 4.98 Å². The van der Waals surface area contributed by atoms with Crippen molar-refractivity contribution in [3.8, 4) is 22.8 Å². The molecule has 2 aromatic carbocycles. The molecule has 0 spiro atoms. The molecule has 35 heavy (non-hydrogen) atoms. The first-order chi connectivity index (χ1) is 16.7. The molecule has 1 unspecified atom stereocenters. The number of aliphatic hydroxyl groups excluding tert-OH is 1. The van der Waals surface area contributed by atoms with Crippen molar-refractivity contribution in [1.82, 2.24) is 10.3 Å². The number of pyridine rings is 1. The lowest BCUT2D eigenvalue weighted by Crippen LogP contribution is -2.33. The summed E-state index contributed by atoms with van der Waals surface area (Å²) in [4.78, 5) is 30.2. The van der Waals surface area contributed by atoms with Crippen LogP contribution >= 0.6 is 0 Å². The van der Waals surface area contributed by atoms with Crippen LogP contribution in [0.25, 0.3) is 11.3 Å². The van der Waals surface area contributed by atoms with E-state index in [-0.39, 0.29) is 16.8 Å². The second kappa shape index (κ2) is 9.22. The summed E-state index contributed by atoms with van der Waals surface area (Å²) >= 11 is 0. The average Bonchev–Trinajstić information content (AvgIpc) is 2.97. The number of ketones is 1. The Kier molecular flexibility index (Phi) is 6.31. The maximum atomic E-state index is 14.0. The highest BCUT2D eigenvalue weighted by atomic mass is 19.4. The molecule has 4 rings (SSSR count). The largest absolute Gasteiger partial charge is 0.497 e. The summed E-state index contributed by atoms with van der Waals surface area (Å²) < 4.78 is 52.4. The Morgan fingerprint density at radius 3 is 2.34 bits per heavy atom. The third kappa shape index (κ3) is 4.47. The number of Topliss-reactive ketones (excluding diaryl/α,β-unsaturated/α-hetero) is 1. The number of nitrogens with zero attached hydrogens (tertiary/aromatic N) is 1. The number of carbonyl (C=O) groups excluding carboxylic acids is 2. The van der Waals surface area contributed by atoms with Gasteiger partial charge in [-0.15, -0.1) is 0 Å². The van der Waals surface area contributed by atoms with Crippen LogP contribution in [0.1, 0.15) is 32.5 Å². The van der Waals surface area contributed by atoms with Gasteiger partial charge in [-0.1, -0.05) is 30.3 Å². The van der Waals surface area contributed by atoms with Crippen molar-refractivity contribution in [2.45, 2.75) is 12.3 Å². The van der Waals surface area contributed by atoms with Crippen molar-refractivity contribution in [2.75, 3.05) is 14.2 Å². The van der Waals surface area contributed by atoms with Gasteiger partial charge < -0.3 is 19.9 Å². The SMILES string of the molecule is COc1ccc(OC)c(-c2ccc3c(n2)C(O)C(C(=O)c2ccccc2)=C(C(F)(F)F)NC3=O)c1. The van der Waals surface area contributed by atoms with E-state index < -0.39 is 40.9 Å². The first-order valence-electron chi connectivity index (χ1n) is 10.3. The summed E-state index contributed by atoms with van der Waals surface area (Å²) in [5, 5.41) is 12.9. The number of alkyl halides is 3. The van der Waals surface area contributed by atoms with E-state index in [1.165, 1.54) is 50.6 Å². The molecule has 180 valence electrons. The number of hydrogen-bond acceptors (Lipinski definition) is 6. The van der Waals surface area contributed by atoms with Crippen molar-refractivity contribution in [1.29, 1.82) is 0 Å². The normalized spacial score (nSPS) is 15.7. The van der Waals surface area contributed by atoms with Crippen LogP contribution in [0.2, 0.25) is 0 Å². The van der Waals surface area contributed by atoms with E-state index in [9.17, 15) is 27.9 Å². The molecular formula is C25H19F3N2O5. The van der Waals surface area contributed by atoms with Crippen molar-refractivity contribution < 1.29 is 37.3 Å². The number of halogens is 3. The predicted octanol–water partition coefficient (Wildman–Crippen LogP) is 4.24. The summed E-state index contributed by atoms with van der Waals surface area (Å²) in [7, 11) is 2.88. The number of ether oxygens (including phenoxy) is 2. The Morgan fingerprint density at radius 2 is 1.71 bits per heavy atom. The summed E-state index contributed by atoms with van der Waals surface area (Å²) in [5.41, 5.74) is -2.87. The number of allylic oxidation sites excluding steroid dienone is 1. The van der Waals surface area contributed by atoms with Crippen molar-refractivity contribution in [3.05, 3.63) is 88.8 Å². The predicted molar refractivity (Wildman–Crippen MR) is 119 cm³/mol. The van der Waals surface area contributed by atoms with E-state index >= 15 is 0 Å². The summed E-state index contributed by atoms with van der Waals surface area (Å²) in [6, 6.07) is 14.6. The van der Waals surface area contributed by atoms with Gasteiger partial charge in [0, 0.05) is 11.1 Å². The molecule has 0 aliphatic carbocycles. The Hall–Kier alpha value is -4.18. The van der Waals surface area contributed by atoms with Crippen LogP contribution in [0.5, 0.6) is 11.5 Å². The fourth-order valence-corrected chi connectivity index (χ4v) is 3.77. The van der Waals surface area contributed by atoms with Gasteiger partial charge in [-0.2, -0.15) is 13.2 Å². The monoisotopic (exact) mass is 484 g/mol. The summed E-state index contributed by atoms with van der Waals surface area (Å²) in [6.07, 6.45) is -7.28. The van der Waals surface area contributed by atoms with Crippen molar-refractivity contribution >= 4 is 11.7 Å². The van der Waals surface area contributed by atoms with E-state index in [2.05, 4.69) is 4.98 Å². The van der Waals surface area contributed by atoms with Crippen LogP contribution in [0, 0.1) is 0 Å². The van der Waals surface area contributed by atoms with E-state index in [0.29, 0.717) is 17.1 Å². The Bertz CT molecular complexity index is 1340. The lowest BCUT2D eigenvalue weighted by molar-refractivity contribution is -0.0973. The second-order valence-electron chi connectivity index (χ2n) is 7.53. The maximum absolute atomic E-state index is 14.0. The highest BCUT2D eigenvalue weighted by molar-refractivity contribution is 6.11.